The lowest BCUT2D eigenvalue weighted by molar-refractivity contribution is 0.666. The molecule has 0 aliphatic heterocycles. The van der Waals surface area contributed by atoms with Crippen LogP contribution in [0.2, 0.25) is 0 Å². The number of fused-ring (bicyclic) bond motifs is 9. The van der Waals surface area contributed by atoms with Crippen molar-refractivity contribution in [3.8, 4) is 22.3 Å². The van der Waals surface area contributed by atoms with Gasteiger partial charge in [0.2, 0.25) is 0 Å². The van der Waals surface area contributed by atoms with Crippen LogP contribution in [-0.2, 0) is 5.41 Å². The third kappa shape index (κ3) is 3.99. The largest absolute Gasteiger partial charge is 0.310 e. The van der Waals surface area contributed by atoms with E-state index >= 15 is 0 Å². The average molecular weight is 594 g/mol. The zero-order valence-corrected chi connectivity index (χ0v) is 26.1. The summed E-state index contributed by atoms with van der Waals surface area (Å²) in [5.74, 6) is 0. The molecule has 0 unspecified atom stereocenters. The highest BCUT2D eigenvalue weighted by molar-refractivity contribution is 7.26. The first-order valence-electron chi connectivity index (χ1n) is 15.6. The lowest BCUT2D eigenvalue weighted by Gasteiger charge is -2.26. The van der Waals surface area contributed by atoms with Crippen molar-refractivity contribution in [1.82, 2.24) is 0 Å². The minimum atomic E-state index is -0.0655. The van der Waals surface area contributed by atoms with Crippen molar-refractivity contribution >= 4 is 59.3 Å². The zero-order chi connectivity index (χ0) is 30.1. The molecule has 0 spiro atoms. The number of hydrogen-bond acceptors (Lipinski definition) is 2. The van der Waals surface area contributed by atoms with E-state index in [-0.39, 0.29) is 5.41 Å². The Balaban J connectivity index is 1.23. The van der Waals surface area contributed by atoms with E-state index in [2.05, 4.69) is 170 Å². The zero-order valence-electron chi connectivity index (χ0n) is 25.3. The molecular formula is C43H31NS. The lowest BCUT2D eigenvalue weighted by atomic mass is 9.79. The molecule has 9 rings (SSSR count). The van der Waals surface area contributed by atoms with Crippen molar-refractivity contribution in [3.63, 3.8) is 0 Å². The van der Waals surface area contributed by atoms with E-state index in [1.54, 1.807) is 0 Å². The van der Waals surface area contributed by atoms with Crippen LogP contribution in [0.25, 0.3) is 53.2 Å². The predicted octanol–water partition coefficient (Wildman–Crippen LogP) is 12.7. The monoisotopic (exact) mass is 593 g/mol. The Morgan fingerprint density at radius 1 is 0.489 bits per heavy atom. The molecule has 1 aliphatic rings. The third-order valence-corrected chi connectivity index (χ3v) is 10.7. The summed E-state index contributed by atoms with van der Waals surface area (Å²) >= 11 is 1.90. The first-order chi connectivity index (χ1) is 22.1. The van der Waals surface area contributed by atoms with Gasteiger partial charge >= 0.3 is 0 Å². The molecule has 1 aromatic heterocycles. The maximum absolute atomic E-state index is 2.39. The summed E-state index contributed by atoms with van der Waals surface area (Å²) in [6.45, 7) is 4.78. The summed E-state index contributed by atoms with van der Waals surface area (Å²) in [5.41, 5.74) is 11.5. The van der Waals surface area contributed by atoms with Crippen LogP contribution in [0.5, 0.6) is 0 Å². The maximum Gasteiger partial charge on any atom is 0.0476 e. The normalized spacial score (nSPS) is 13.3. The van der Waals surface area contributed by atoms with Crippen LogP contribution in [0, 0.1) is 0 Å². The Bertz CT molecular complexity index is 2380. The molecular weight excluding hydrogens is 563 g/mol. The number of anilines is 3. The van der Waals surface area contributed by atoms with E-state index in [4.69, 9.17) is 0 Å². The van der Waals surface area contributed by atoms with E-state index in [1.165, 1.54) is 64.3 Å². The predicted molar refractivity (Wildman–Crippen MR) is 195 cm³/mol. The highest BCUT2D eigenvalue weighted by Crippen LogP contribution is 2.54. The molecule has 0 N–H and O–H groups in total. The molecule has 0 saturated carbocycles. The van der Waals surface area contributed by atoms with Gasteiger partial charge in [-0.15, -0.1) is 11.3 Å². The van der Waals surface area contributed by atoms with Crippen LogP contribution in [0.3, 0.4) is 0 Å². The van der Waals surface area contributed by atoms with Crippen molar-refractivity contribution in [2.45, 2.75) is 19.3 Å². The van der Waals surface area contributed by atoms with Gasteiger partial charge < -0.3 is 4.90 Å². The molecule has 7 aromatic carbocycles. The van der Waals surface area contributed by atoms with E-state index < -0.39 is 0 Å². The average Bonchev–Trinajstić information content (AvgIpc) is 3.58. The Kier molecular flexibility index (Phi) is 5.78. The van der Waals surface area contributed by atoms with Crippen LogP contribution in [0.4, 0.5) is 17.1 Å². The van der Waals surface area contributed by atoms with Crippen LogP contribution in [0.1, 0.15) is 25.0 Å². The van der Waals surface area contributed by atoms with Crippen molar-refractivity contribution in [2.24, 2.45) is 0 Å². The van der Waals surface area contributed by atoms with Crippen molar-refractivity contribution < 1.29 is 0 Å². The summed E-state index contributed by atoms with van der Waals surface area (Å²) in [5, 5.41) is 5.43. The summed E-state index contributed by atoms with van der Waals surface area (Å²) in [6, 6.07) is 55.5. The van der Waals surface area contributed by atoms with Gasteiger partial charge in [0.05, 0.1) is 0 Å². The van der Waals surface area contributed by atoms with Gasteiger partial charge in [0.15, 0.2) is 0 Å². The van der Waals surface area contributed by atoms with Gasteiger partial charge in [-0.25, -0.2) is 0 Å². The van der Waals surface area contributed by atoms with Crippen LogP contribution >= 0.6 is 11.3 Å². The molecule has 2 heteroatoms. The summed E-state index contributed by atoms with van der Waals surface area (Å²) in [6.07, 6.45) is 0. The number of rotatable bonds is 4. The molecule has 1 nitrogen and oxygen atoms in total. The van der Waals surface area contributed by atoms with Crippen molar-refractivity contribution in [2.75, 3.05) is 4.90 Å². The Morgan fingerprint density at radius 3 is 1.93 bits per heavy atom. The molecule has 0 saturated heterocycles. The van der Waals surface area contributed by atoms with Crippen LogP contribution < -0.4 is 4.90 Å². The molecule has 1 aliphatic carbocycles. The second kappa shape index (κ2) is 9.92. The molecule has 45 heavy (non-hydrogen) atoms. The highest BCUT2D eigenvalue weighted by atomic mass is 32.1. The van der Waals surface area contributed by atoms with Gasteiger partial charge in [-0.3, -0.25) is 0 Å². The summed E-state index contributed by atoms with van der Waals surface area (Å²) in [4.78, 5) is 2.37. The van der Waals surface area contributed by atoms with Gasteiger partial charge in [0.25, 0.3) is 0 Å². The fraction of sp³-hybridized carbons (Fsp3) is 0.0698. The van der Waals surface area contributed by atoms with E-state index in [0.29, 0.717) is 0 Å². The van der Waals surface area contributed by atoms with E-state index in [1.807, 2.05) is 11.3 Å². The number of nitrogens with zero attached hydrogens (tertiary/aromatic N) is 1. The third-order valence-electron chi connectivity index (χ3n) is 9.62. The first-order valence-corrected chi connectivity index (χ1v) is 16.4. The second-order valence-corrected chi connectivity index (χ2v) is 13.6. The van der Waals surface area contributed by atoms with E-state index in [9.17, 15) is 0 Å². The van der Waals surface area contributed by atoms with E-state index in [0.717, 1.165) is 17.1 Å². The minimum Gasteiger partial charge on any atom is -0.310 e. The fourth-order valence-corrected chi connectivity index (χ4v) is 8.69. The molecule has 214 valence electrons. The van der Waals surface area contributed by atoms with Gasteiger partial charge in [-0.05, 0) is 86.6 Å². The Hall–Kier alpha value is -5.18. The molecule has 0 bridgehead atoms. The van der Waals surface area contributed by atoms with Gasteiger partial charge in [0, 0.05) is 42.6 Å². The first kappa shape index (κ1) is 26.2. The minimum absolute atomic E-state index is 0.0655. The topological polar surface area (TPSA) is 3.24 Å². The number of benzene rings is 7. The van der Waals surface area contributed by atoms with Crippen LogP contribution in [0.15, 0.2) is 152 Å². The summed E-state index contributed by atoms with van der Waals surface area (Å²) < 4.78 is 2.65. The smallest absolute Gasteiger partial charge is 0.0476 e. The number of thiophene rings is 1. The lowest BCUT2D eigenvalue weighted by Crippen LogP contribution is -2.15. The molecule has 0 fully saturated rings. The molecule has 8 aromatic rings. The molecule has 0 amide bonds. The van der Waals surface area contributed by atoms with Gasteiger partial charge in [0.1, 0.15) is 0 Å². The molecule has 0 atom stereocenters. The van der Waals surface area contributed by atoms with Crippen LogP contribution in [-0.4, -0.2) is 0 Å². The van der Waals surface area contributed by atoms with Crippen molar-refractivity contribution in [3.05, 3.63) is 163 Å². The number of para-hydroxylation sites is 1. The Labute approximate surface area is 267 Å². The van der Waals surface area contributed by atoms with Gasteiger partial charge in [-0.2, -0.15) is 0 Å². The highest BCUT2D eigenvalue weighted by Gasteiger charge is 2.37. The quantitative estimate of drug-likeness (QED) is 0.196. The summed E-state index contributed by atoms with van der Waals surface area (Å²) in [7, 11) is 0. The number of hydrogen-bond donors (Lipinski definition) is 0. The maximum atomic E-state index is 2.39. The molecule has 1 heterocycles. The second-order valence-electron chi connectivity index (χ2n) is 12.6. The Morgan fingerprint density at radius 2 is 1.13 bits per heavy atom. The van der Waals surface area contributed by atoms with Gasteiger partial charge in [-0.1, -0.05) is 123 Å². The SMILES string of the molecule is CC1(C)c2ccccc2-c2ccc3ccc4sc5cc(N(c6ccccc6)c6ccc(-c7ccccc7)cc6)ccc5c4c3c21. The molecule has 0 radical (unpaired) electrons. The standard InChI is InChI=1S/C43H31NS/c1-43(2)37-16-10-9-15-34(37)35-24-19-30-20-26-38-41(40(30)42(35)43)36-25-23-33(27-39(36)45-38)44(31-13-7-4-8-14-31)32-21-17-29(18-22-32)28-11-5-3-6-12-28/h3-27H,1-2H3. The fourth-order valence-electron chi connectivity index (χ4n) is 7.54. The van der Waals surface area contributed by atoms with Crippen molar-refractivity contribution in [1.29, 1.82) is 0 Å².